The van der Waals surface area contributed by atoms with Crippen LogP contribution in [-0.2, 0) is 6.42 Å². The van der Waals surface area contributed by atoms with Crippen molar-refractivity contribution in [3.8, 4) is 0 Å². The Morgan fingerprint density at radius 2 is 1.53 bits per heavy atom. The fourth-order valence-corrected chi connectivity index (χ4v) is 4.52. The van der Waals surface area contributed by atoms with Crippen molar-refractivity contribution in [2.45, 2.75) is 46.0 Å². The van der Waals surface area contributed by atoms with Crippen molar-refractivity contribution >= 4 is 23.2 Å². The Labute approximate surface area is 127 Å². The Hall–Kier alpha value is -0.200. The highest BCUT2D eigenvalue weighted by molar-refractivity contribution is 6.21. The number of benzene rings is 1. The van der Waals surface area contributed by atoms with Gasteiger partial charge in [-0.1, -0.05) is 42.2 Å². The van der Waals surface area contributed by atoms with Crippen molar-refractivity contribution in [2.24, 2.45) is 11.3 Å². The first kappa shape index (κ1) is 15.2. The Morgan fingerprint density at radius 1 is 1.00 bits per heavy atom. The minimum absolute atomic E-state index is 0.0832. The fraction of sp³-hybridized carbons (Fsp3) is 0.647. The molecule has 1 aliphatic carbocycles. The van der Waals surface area contributed by atoms with Crippen LogP contribution in [0, 0.1) is 25.2 Å². The summed E-state index contributed by atoms with van der Waals surface area (Å²) < 4.78 is 0. The molecule has 0 amide bonds. The van der Waals surface area contributed by atoms with Crippen molar-refractivity contribution in [1.82, 2.24) is 0 Å². The van der Waals surface area contributed by atoms with E-state index in [2.05, 4.69) is 32.0 Å². The minimum atomic E-state index is 0.0832. The molecule has 1 aliphatic rings. The molecule has 0 saturated heterocycles. The van der Waals surface area contributed by atoms with Crippen LogP contribution in [0.2, 0.25) is 0 Å². The summed E-state index contributed by atoms with van der Waals surface area (Å²) >= 11 is 12.7. The highest BCUT2D eigenvalue weighted by atomic mass is 35.5. The van der Waals surface area contributed by atoms with Gasteiger partial charge < -0.3 is 0 Å². The van der Waals surface area contributed by atoms with E-state index in [9.17, 15) is 0 Å². The van der Waals surface area contributed by atoms with Gasteiger partial charge >= 0.3 is 0 Å². The van der Waals surface area contributed by atoms with E-state index < -0.39 is 0 Å². The molecule has 1 aromatic rings. The first-order valence-corrected chi connectivity index (χ1v) is 8.36. The molecular formula is C17H24Cl2. The van der Waals surface area contributed by atoms with E-state index in [-0.39, 0.29) is 5.41 Å². The molecule has 0 aromatic heterocycles. The predicted molar refractivity (Wildman–Crippen MR) is 85.5 cm³/mol. The highest BCUT2D eigenvalue weighted by Gasteiger charge is 2.39. The molecule has 0 radical (unpaired) electrons. The van der Waals surface area contributed by atoms with Gasteiger partial charge in [-0.15, -0.1) is 23.2 Å². The molecule has 0 N–H and O–H groups in total. The number of rotatable bonds is 5. The van der Waals surface area contributed by atoms with Gasteiger partial charge in [-0.05, 0) is 44.6 Å². The zero-order valence-corrected chi connectivity index (χ0v) is 13.5. The summed E-state index contributed by atoms with van der Waals surface area (Å²) in [7, 11) is 0. The van der Waals surface area contributed by atoms with Crippen LogP contribution in [0.5, 0.6) is 0 Å². The minimum Gasteiger partial charge on any atom is -0.126 e. The van der Waals surface area contributed by atoms with Crippen molar-refractivity contribution in [1.29, 1.82) is 0 Å². The lowest BCUT2D eigenvalue weighted by molar-refractivity contribution is 0.225. The second-order valence-electron chi connectivity index (χ2n) is 6.28. The molecule has 0 spiro atoms. The van der Waals surface area contributed by atoms with Gasteiger partial charge in [0.25, 0.3) is 0 Å². The van der Waals surface area contributed by atoms with E-state index in [0.29, 0.717) is 17.7 Å². The Morgan fingerprint density at radius 3 is 2.00 bits per heavy atom. The molecule has 0 aliphatic heterocycles. The molecule has 0 heterocycles. The molecule has 1 aromatic carbocycles. The molecule has 0 unspecified atom stereocenters. The van der Waals surface area contributed by atoms with Crippen molar-refractivity contribution in [3.05, 3.63) is 34.9 Å². The van der Waals surface area contributed by atoms with Crippen LogP contribution < -0.4 is 0 Å². The predicted octanol–water partition coefficient (Wildman–Crippen LogP) is 5.50. The molecule has 0 atom stereocenters. The number of hydrogen-bond donors (Lipinski definition) is 0. The third-order valence-electron chi connectivity index (χ3n) is 4.59. The molecule has 1 fully saturated rings. The number of alkyl halides is 2. The van der Waals surface area contributed by atoms with Gasteiger partial charge in [-0.3, -0.25) is 0 Å². The monoisotopic (exact) mass is 298 g/mol. The standard InChI is InChI=1S/C17H24Cl2/c1-13-7-14(2)9-15(8-13)10-17(11-18,12-19)16-5-3-4-6-16/h7-9,16H,3-6,10-12H2,1-2H3. The number of halogens is 2. The summed E-state index contributed by atoms with van der Waals surface area (Å²) in [6.45, 7) is 4.32. The third kappa shape index (κ3) is 3.47. The normalized spacial score (nSPS) is 17.1. The second kappa shape index (κ2) is 6.50. The van der Waals surface area contributed by atoms with Gasteiger partial charge in [-0.25, -0.2) is 0 Å². The maximum absolute atomic E-state index is 6.35. The van der Waals surface area contributed by atoms with Crippen molar-refractivity contribution < 1.29 is 0 Å². The van der Waals surface area contributed by atoms with Crippen LogP contribution in [0.25, 0.3) is 0 Å². The lowest BCUT2D eigenvalue weighted by atomic mass is 9.73. The lowest BCUT2D eigenvalue weighted by Gasteiger charge is -2.36. The van der Waals surface area contributed by atoms with Gasteiger partial charge in [0.05, 0.1) is 0 Å². The van der Waals surface area contributed by atoms with Crippen LogP contribution in [0.4, 0.5) is 0 Å². The SMILES string of the molecule is Cc1cc(C)cc(CC(CCl)(CCl)C2CCCC2)c1. The van der Waals surface area contributed by atoms with E-state index in [4.69, 9.17) is 23.2 Å². The Kier molecular flexibility index (Phi) is 5.20. The van der Waals surface area contributed by atoms with E-state index in [0.717, 1.165) is 6.42 Å². The summed E-state index contributed by atoms with van der Waals surface area (Å²) in [5.74, 6) is 2.05. The van der Waals surface area contributed by atoms with Gasteiger partial charge in [0.15, 0.2) is 0 Å². The molecular weight excluding hydrogens is 275 g/mol. The van der Waals surface area contributed by atoms with Crippen molar-refractivity contribution in [2.75, 3.05) is 11.8 Å². The smallest absolute Gasteiger partial charge is 0.0297 e. The topological polar surface area (TPSA) is 0 Å². The second-order valence-corrected chi connectivity index (χ2v) is 6.82. The molecule has 2 rings (SSSR count). The van der Waals surface area contributed by atoms with Gasteiger partial charge in [0.2, 0.25) is 0 Å². The Balaban J connectivity index is 2.24. The number of hydrogen-bond acceptors (Lipinski definition) is 0. The zero-order chi connectivity index (χ0) is 13.9. The molecule has 1 saturated carbocycles. The summed E-state index contributed by atoms with van der Waals surface area (Å²) in [4.78, 5) is 0. The quantitative estimate of drug-likeness (QED) is 0.630. The third-order valence-corrected chi connectivity index (χ3v) is 5.66. The first-order chi connectivity index (χ1) is 9.09. The summed E-state index contributed by atoms with van der Waals surface area (Å²) in [5, 5.41) is 0. The van der Waals surface area contributed by atoms with Gasteiger partial charge in [0.1, 0.15) is 0 Å². The molecule has 2 heteroatoms. The molecule has 0 nitrogen and oxygen atoms in total. The van der Waals surface area contributed by atoms with E-state index in [1.165, 1.54) is 42.4 Å². The number of aryl methyl sites for hydroxylation is 2. The average Bonchev–Trinajstić information content (AvgIpc) is 2.89. The van der Waals surface area contributed by atoms with Crippen LogP contribution in [-0.4, -0.2) is 11.8 Å². The van der Waals surface area contributed by atoms with E-state index >= 15 is 0 Å². The van der Waals surface area contributed by atoms with Gasteiger partial charge in [0, 0.05) is 17.2 Å². The summed E-state index contributed by atoms with van der Waals surface area (Å²) in [6.07, 6.45) is 6.29. The summed E-state index contributed by atoms with van der Waals surface area (Å²) in [6, 6.07) is 6.80. The first-order valence-electron chi connectivity index (χ1n) is 7.29. The zero-order valence-electron chi connectivity index (χ0n) is 12.0. The van der Waals surface area contributed by atoms with Crippen LogP contribution in [0.1, 0.15) is 42.4 Å². The summed E-state index contributed by atoms with van der Waals surface area (Å²) in [5.41, 5.74) is 4.14. The maximum Gasteiger partial charge on any atom is 0.0297 e. The average molecular weight is 299 g/mol. The van der Waals surface area contributed by atoms with Crippen LogP contribution in [0.15, 0.2) is 18.2 Å². The molecule has 106 valence electrons. The maximum atomic E-state index is 6.35. The molecule has 0 bridgehead atoms. The van der Waals surface area contributed by atoms with E-state index in [1.54, 1.807) is 0 Å². The van der Waals surface area contributed by atoms with Gasteiger partial charge in [-0.2, -0.15) is 0 Å². The largest absolute Gasteiger partial charge is 0.126 e. The van der Waals surface area contributed by atoms with Crippen LogP contribution in [0.3, 0.4) is 0 Å². The highest BCUT2D eigenvalue weighted by Crippen LogP contribution is 2.44. The van der Waals surface area contributed by atoms with Crippen molar-refractivity contribution in [3.63, 3.8) is 0 Å². The Bertz CT molecular complexity index is 395. The van der Waals surface area contributed by atoms with E-state index in [1.807, 2.05) is 0 Å². The lowest BCUT2D eigenvalue weighted by Crippen LogP contribution is -2.35. The fourth-order valence-electron chi connectivity index (χ4n) is 3.61. The molecule has 19 heavy (non-hydrogen) atoms. The van der Waals surface area contributed by atoms with Crippen LogP contribution >= 0.6 is 23.2 Å².